The summed E-state index contributed by atoms with van der Waals surface area (Å²) in [7, 11) is 0. The average molecular weight is 219 g/mol. The van der Waals surface area contributed by atoms with Gasteiger partial charge in [0.05, 0.1) is 6.10 Å². The van der Waals surface area contributed by atoms with Crippen molar-refractivity contribution in [2.75, 3.05) is 0 Å². The Morgan fingerprint density at radius 3 is 2.25 bits per heavy atom. The number of hydrogen-bond donors (Lipinski definition) is 2. The van der Waals surface area contributed by atoms with Gasteiger partial charge in [-0.3, -0.25) is 0 Å². The summed E-state index contributed by atoms with van der Waals surface area (Å²) in [5, 5.41) is 10.4. The Morgan fingerprint density at radius 2 is 1.69 bits per heavy atom. The molecule has 1 aliphatic carbocycles. The van der Waals surface area contributed by atoms with E-state index < -0.39 is 11.6 Å². The van der Waals surface area contributed by atoms with Crippen LogP contribution in [0.1, 0.15) is 49.3 Å². The van der Waals surface area contributed by atoms with Crippen molar-refractivity contribution >= 4 is 0 Å². The first-order chi connectivity index (χ1) is 7.62. The van der Waals surface area contributed by atoms with Crippen LogP contribution in [0, 0.1) is 6.92 Å². The fraction of sp³-hybridized carbons (Fsp3) is 0.571. The summed E-state index contributed by atoms with van der Waals surface area (Å²) in [5.41, 5.74) is 8.08. The third kappa shape index (κ3) is 2.28. The molecule has 2 rings (SSSR count). The van der Waals surface area contributed by atoms with Crippen LogP contribution in [0.3, 0.4) is 0 Å². The molecule has 1 saturated carbocycles. The SMILES string of the molecule is Cc1ccc(C(O)C2(N)CCCCC2)cc1. The van der Waals surface area contributed by atoms with E-state index in [4.69, 9.17) is 5.73 Å². The third-order valence-corrected chi connectivity index (χ3v) is 3.72. The van der Waals surface area contributed by atoms with Crippen LogP contribution in [0.15, 0.2) is 24.3 Å². The molecule has 0 aliphatic heterocycles. The van der Waals surface area contributed by atoms with E-state index in [9.17, 15) is 5.11 Å². The molecule has 1 unspecified atom stereocenters. The van der Waals surface area contributed by atoms with Crippen LogP contribution in [0.5, 0.6) is 0 Å². The second-order valence-electron chi connectivity index (χ2n) is 5.11. The zero-order valence-electron chi connectivity index (χ0n) is 9.95. The molecule has 1 atom stereocenters. The fourth-order valence-electron chi connectivity index (χ4n) is 2.56. The highest BCUT2D eigenvalue weighted by molar-refractivity contribution is 5.25. The topological polar surface area (TPSA) is 46.2 Å². The molecule has 0 heterocycles. The van der Waals surface area contributed by atoms with Gasteiger partial charge in [0.25, 0.3) is 0 Å². The van der Waals surface area contributed by atoms with Crippen LogP contribution in [-0.2, 0) is 0 Å². The summed E-state index contributed by atoms with van der Waals surface area (Å²) in [6.45, 7) is 2.05. The van der Waals surface area contributed by atoms with Crippen LogP contribution in [-0.4, -0.2) is 10.6 Å². The molecule has 0 spiro atoms. The van der Waals surface area contributed by atoms with E-state index in [-0.39, 0.29) is 0 Å². The molecule has 0 radical (unpaired) electrons. The molecule has 1 aromatic carbocycles. The van der Waals surface area contributed by atoms with Gasteiger partial charge in [-0.15, -0.1) is 0 Å². The number of nitrogens with two attached hydrogens (primary N) is 1. The van der Waals surface area contributed by atoms with E-state index in [0.717, 1.165) is 31.2 Å². The lowest BCUT2D eigenvalue weighted by atomic mass is 9.76. The van der Waals surface area contributed by atoms with Gasteiger partial charge in [0, 0.05) is 5.54 Å². The molecule has 1 aliphatic rings. The Balaban J connectivity index is 2.16. The second-order valence-corrected chi connectivity index (χ2v) is 5.11. The van der Waals surface area contributed by atoms with Crippen LogP contribution < -0.4 is 5.73 Å². The van der Waals surface area contributed by atoms with Crippen LogP contribution >= 0.6 is 0 Å². The molecule has 2 heteroatoms. The molecular formula is C14H21NO. The van der Waals surface area contributed by atoms with E-state index in [1.165, 1.54) is 12.0 Å². The van der Waals surface area contributed by atoms with Crippen molar-refractivity contribution in [3.63, 3.8) is 0 Å². The van der Waals surface area contributed by atoms with E-state index in [0.29, 0.717) is 0 Å². The summed E-state index contributed by atoms with van der Waals surface area (Å²) in [4.78, 5) is 0. The summed E-state index contributed by atoms with van der Waals surface area (Å²) >= 11 is 0. The lowest BCUT2D eigenvalue weighted by Crippen LogP contribution is -2.47. The van der Waals surface area contributed by atoms with Crippen molar-refractivity contribution in [2.24, 2.45) is 5.73 Å². The van der Waals surface area contributed by atoms with Gasteiger partial charge in [-0.1, -0.05) is 49.1 Å². The van der Waals surface area contributed by atoms with Crippen molar-refractivity contribution in [1.82, 2.24) is 0 Å². The summed E-state index contributed by atoms with van der Waals surface area (Å²) in [6, 6.07) is 8.04. The first-order valence-electron chi connectivity index (χ1n) is 6.15. The molecule has 88 valence electrons. The van der Waals surface area contributed by atoms with Gasteiger partial charge in [0.1, 0.15) is 0 Å². The number of benzene rings is 1. The van der Waals surface area contributed by atoms with Gasteiger partial charge < -0.3 is 10.8 Å². The summed E-state index contributed by atoms with van der Waals surface area (Å²) in [6.07, 6.45) is 4.87. The minimum atomic E-state index is -0.520. The van der Waals surface area contributed by atoms with Crippen molar-refractivity contribution in [1.29, 1.82) is 0 Å². The fourth-order valence-corrected chi connectivity index (χ4v) is 2.56. The van der Waals surface area contributed by atoms with Crippen molar-refractivity contribution in [3.8, 4) is 0 Å². The lowest BCUT2D eigenvalue weighted by Gasteiger charge is -2.37. The number of aryl methyl sites for hydroxylation is 1. The maximum absolute atomic E-state index is 10.4. The van der Waals surface area contributed by atoms with E-state index in [2.05, 4.69) is 6.92 Å². The summed E-state index contributed by atoms with van der Waals surface area (Å²) in [5.74, 6) is 0. The molecule has 2 nitrogen and oxygen atoms in total. The van der Waals surface area contributed by atoms with E-state index in [1.807, 2.05) is 24.3 Å². The van der Waals surface area contributed by atoms with Crippen LogP contribution in [0.2, 0.25) is 0 Å². The van der Waals surface area contributed by atoms with Crippen LogP contribution in [0.25, 0.3) is 0 Å². The van der Waals surface area contributed by atoms with Gasteiger partial charge >= 0.3 is 0 Å². The molecule has 1 aromatic rings. The maximum Gasteiger partial charge on any atom is 0.0969 e. The molecule has 0 bridgehead atoms. The Bertz CT molecular complexity index is 338. The van der Waals surface area contributed by atoms with Gasteiger partial charge in [-0.2, -0.15) is 0 Å². The highest BCUT2D eigenvalue weighted by atomic mass is 16.3. The molecule has 0 aromatic heterocycles. The predicted octanol–water partition coefficient (Wildman–Crippen LogP) is 2.69. The average Bonchev–Trinajstić information content (AvgIpc) is 2.30. The van der Waals surface area contributed by atoms with E-state index >= 15 is 0 Å². The zero-order valence-corrected chi connectivity index (χ0v) is 9.95. The lowest BCUT2D eigenvalue weighted by molar-refractivity contribution is 0.0587. The Hall–Kier alpha value is -0.860. The normalized spacial score (nSPS) is 21.7. The number of rotatable bonds is 2. The quantitative estimate of drug-likeness (QED) is 0.803. The number of aliphatic hydroxyl groups is 1. The minimum Gasteiger partial charge on any atom is -0.386 e. The Kier molecular flexibility index (Phi) is 3.31. The highest BCUT2D eigenvalue weighted by Gasteiger charge is 2.35. The second kappa shape index (κ2) is 4.56. The third-order valence-electron chi connectivity index (χ3n) is 3.72. The highest BCUT2D eigenvalue weighted by Crippen LogP contribution is 2.36. The van der Waals surface area contributed by atoms with Crippen molar-refractivity contribution in [3.05, 3.63) is 35.4 Å². The smallest absolute Gasteiger partial charge is 0.0969 e. The molecule has 0 saturated heterocycles. The maximum atomic E-state index is 10.4. The largest absolute Gasteiger partial charge is 0.386 e. The van der Waals surface area contributed by atoms with Gasteiger partial charge in [0.15, 0.2) is 0 Å². The van der Waals surface area contributed by atoms with Crippen LogP contribution in [0.4, 0.5) is 0 Å². The first kappa shape index (κ1) is 11.6. The molecule has 0 amide bonds. The molecule has 16 heavy (non-hydrogen) atoms. The first-order valence-corrected chi connectivity index (χ1v) is 6.15. The predicted molar refractivity (Wildman–Crippen MR) is 66.1 cm³/mol. The Morgan fingerprint density at radius 1 is 1.12 bits per heavy atom. The Labute approximate surface area is 97.5 Å². The molecule has 1 fully saturated rings. The summed E-state index contributed by atoms with van der Waals surface area (Å²) < 4.78 is 0. The number of aliphatic hydroxyl groups excluding tert-OH is 1. The molecule has 3 N–H and O–H groups in total. The van der Waals surface area contributed by atoms with Gasteiger partial charge in [-0.25, -0.2) is 0 Å². The van der Waals surface area contributed by atoms with Crippen molar-refractivity contribution < 1.29 is 5.11 Å². The van der Waals surface area contributed by atoms with Crippen molar-refractivity contribution in [2.45, 2.75) is 50.7 Å². The molecular weight excluding hydrogens is 198 g/mol. The minimum absolute atomic E-state index is 0.409. The van der Waals surface area contributed by atoms with E-state index in [1.54, 1.807) is 0 Å². The monoisotopic (exact) mass is 219 g/mol. The standard InChI is InChI=1S/C14H21NO/c1-11-5-7-12(8-6-11)13(16)14(15)9-3-2-4-10-14/h5-8,13,16H,2-4,9-10,15H2,1H3. The zero-order chi connectivity index (χ0) is 11.6. The number of hydrogen-bond acceptors (Lipinski definition) is 2. The van der Waals surface area contributed by atoms with Gasteiger partial charge in [-0.05, 0) is 25.3 Å². The van der Waals surface area contributed by atoms with Gasteiger partial charge in [0.2, 0.25) is 0 Å².